The highest BCUT2D eigenvalue weighted by molar-refractivity contribution is 6.33. The number of hydrogen-bond acceptors (Lipinski definition) is 4. The maximum absolute atomic E-state index is 12.5. The second kappa shape index (κ2) is 7.67. The molecule has 1 N–H and O–H groups in total. The SMILES string of the molecule is O=C(NC1CCCC1)c1cnc(N2CCC(n3cc4ccccc4n3)C2)c(Cl)c1. The molecule has 1 saturated carbocycles. The van der Waals surface area contributed by atoms with Gasteiger partial charge in [-0.25, -0.2) is 4.98 Å². The Hall–Kier alpha value is -2.60. The lowest BCUT2D eigenvalue weighted by Gasteiger charge is -2.19. The van der Waals surface area contributed by atoms with E-state index in [-0.39, 0.29) is 18.0 Å². The van der Waals surface area contributed by atoms with Gasteiger partial charge >= 0.3 is 0 Å². The first-order chi connectivity index (χ1) is 14.2. The number of carbonyl (C=O) groups excluding carboxylic acids is 1. The van der Waals surface area contributed by atoms with Crippen LogP contribution in [-0.4, -0.2) is 39.8 Å². The largest absolute Gasteiger partial charge is 0.353 e. The molecule has 6 nitrogen and oxygen atoms in total. The Bertz CT molecular complexity index is 1010. The number of pyridine rings is 1. The van der Waals surface area contributed by atoms with E-state index in [0.29, 0.717) is 10.6 Å². The van der Waals surface area contributed by atoms with Crippen molar-refractivity contribution in [2.75, 3.05) is 18.0 Å². The summed E-state index contributed by atoms with van der Waals surface area (Å²) in [6.07, 6.45) is 9.22. The summed E-state index contributed by atoms with van der Waals surface area (Å²) in [5.74, 6) is 0.656. The first-order valence-electron chi connectivity index (χ1n) is 10.3. The van der Waals surface area contributed by atoms with E-state index >= 15 is 0 Å². The summed E-state index contributed by atoms with van der Waals surface area (Å²) < 4.78 is 2.06. The van der Waals surface area contributed by atoms with Gasteiger partial charge in [0, 0.05) is 36.9 Å². The Kier molecular flexibility index (Phi) is 4.87. The lowest BCUT2D eigenvalue weighted by atomic mass is 10.2. The summed E-state index contributed by atoms with van der Waals surface area (Å²) in [7, 11) is 0. The van der Waals surface area contributed by atoms with Crippen LogP contribution in [0, 0.1) is 0 Å². The second-order valence-corrected chi connectivity index (χ2v) is 8.45. The van der Waals surface area contributed by atoms with Crippen LogP contribution in [0.5, 0.6) is 0 Å². The van der Waals surface area contributed by atoms with Gasteiger partial charge in [0.2, 0.25) is 0 Å². The maximum atomic E-state index is 12.5. The quantitative estimate of drug-likeness (QED) is 0.701. The van der Waals surface area contributed by atoms with Crippen molar-refractivity contribution in [1.29, 1.82) is 0 Å². The van der Waals surface area contributed by atoms with E-state index in [1.165, 1.54) is 12.8 Å². The van der Waals surface area contributed by atoms with Gasteiger partial charge in [-0.1, -0.05) is 42.6 Å². The molecule has 0 bridgehead atoms. The highest BCUT2D eigenvalue weighted by atomic mass is 35.5. The van der Waals surface area contributed by atoms with Crippen LogP contribution in [-0.2, 0) is 0 Å². The predicted molar refractivity (Wildman–Crippen MR) is 115 cm³/mol. The molecule has 1 amide bonds. The molecule has 3 aromatic rings. The summed E-state index contributed by atoms with van der Waals surface area (Å²) in [5, 5.41) is 9.48. The Morgan fingerprint density at radius 1 is 1.17 bits per heavy atom. The minimum absolute atomic E-state index is 0.0830. The molecule has 2 aromatic heterocycles. The maximum Gasteiger partial charge on any atom is 0.253 e. The third-order valence-electron chi connectivity index (χ3n) is 6.04. The minimum Gasteiger partial charge on any atom is -0.353 e. The topological polar surface area (TPSA) is 63.1 Å². The van der Waals surface area contributed by atoms with Gasteiger partial charge in [-0.05, 0) is 31.4 Å². The Labute approximate surface area is 174 Å². The van der Waals surface area contributed by atoms with Gasteiger partial charge in [-0.3, -0.25) is 9.48 Å². The number of carbonyl (C=O) groups is 1. The van der Waals surface area contributed by atoms with Gasteiger partial charge < -0.3 is 10.2 Å². The number of amides is 1. The number of nitrogens with one attached hydrogen (secondary N) is 1. The van der Waals surface area contributed by atoms with Gasteiger partial charge in [-0.15, -0.1) is 0 Å². The second-order valence-electron chi connectivity index (χ2n) is 8.04. The zero-order chi connectivity index (χ0) is 19.8. The molecule has 1 aromatic carbocycles. The number of halogens is 1. The van der Waals surface area contributed by atoms with Crippen LogP contribution in [0.25, 0.3) is 10.9 Å². The van der Waals surface area contributed by atoms with Crippen LogP contribution < -0.4 is 10.2 Å². The summed E-state index contributed by atoms with van der Waals surface area (Å²) in [6, 6.07) is 10.5. The summed E-state index contributed by atoms with van der Waals surface area (Å²) in [5.41, 5.74) is 1.54. The first-order valence-corrected chi connectivity index (χ1v) is 10.7. The predicted octanol–water partition coefficient (Wildman–Crippen LogP) is 4.21. The van der Waals surface area contributed by atoms with Crippen molar-refractivity contribution in [3.63, 3.8) is 0 Å². The van der Waals surface area contributed by atoms with Crippen molar-refractivity contribution < 1.29 is 4.79 Å². The molecule has 1 aliphatic carbocycles. The zero-order valence-electron chi connectivity index (χ0n) is 16.2. The van der Waals surface area contributed by atoms with Crippen LogP contribution in [0.1, 0.15) is 48.5 Å². The van der Waals surface area contributed by atoms with Crippen molar-refractivity contribution in [2.45, 2.75) is 44.2 Å². The highest BCUT2D eigenvalue weighted by Gasteiger charge is 2.27. The van der Waals surface area contributed by atoms with Gasteiger partial charge in [0.05, 0.1) is 22.1 Å². The Morgan fingerprint density at radius 2 is 2.00 bits per heavy atom. The molecule has 2 fully saturated rings. The van der Waals surface area contributed by atoms with Crippen molar-refractivity contribution in [3.05, 3.63) is 53.3 Å². The average molecular weight is 410 g/mol. The Morgan fingerprint density at radius 3 is 2.79 bits per heavy atom. The van der Waals surface area contributed by atoms with Gasteiger partial charge in [0.15, 0.2) is 0 Å². The molecule has 150 valence electrons. The van der Waals surface area contributed by atoms with Gasteiger partial charge in [0.1, 0.15) is 5.82 Å². The molecule has 0 radical (unpaired) electrons. The van der Waals surface area contributed by atoms with E-state index in [1.54, 1.807) is 12.3 Å². The van der Waals surface area contributed by atoms with Crippen molar-refractivity contribution >= 4 is 34.2 Å². The number of anilines is 1. The summed E-state index contributed by atoms with van der Waals surface area (Å²) in [4.78, 5) is 19.2. The number of nitrogens with zero attached hydrogens (tertiary/aromatic N) is 4. The molecule has 1 unspecified atom stereocenters. The summed E-state index contributed by atoms with van der Waals surface area (Å²) in [6.45, 7) is 1.66. The molecule has 3 heterocycles. The number of benzene rings is 1. The molecule has 1 saturated heterocycles. The third kappa shape index (κ3) is 3.69. The van der Waals surface area contributed by atoms with Crippen molar-refractivity contribution in [1.82, 2.24) is 20.1 Å². The molecule has 0 spiro atoms. The highest BCUT2D eigenvalue weighted by Crippen LogP contribution is 2.31. The lowest BCUT2D eigenvalue weighted by molar-refractivity contribution is 0.0937. The van der Waals surface area contributed by atoms with E-state index < -0.39 is 0 Å². The van der Waals surface area contributed by atoms with E-state index in [9.17, 15) is 4.79 Å². The standard InChI is InChI=1S/C22H24ClN5O/c23-19-11-16(22(29)25-17-6-2-3-7-17)12-24-21(19)27-10-9-18(14-27)28-13-15-5-1-4-8-20(15)26-28/h1,4-5,8,11-13,17-18H,2-3,6-7,9-10,14H2,(H,25,29). The fourth-order valence-electron chi connectivity index (χ4n) is 4.45. The fourth-order valence-corrected chi connectivity index (χ4v) is 4.73. The van der Waals surface area contributed by atoms with Gasteiger partial charge in [-0.2, -0.15) is 5.10 Å². The van der Waals surface area contributed by atoms with Gasteiger partial charge in [0.25, 0.3) is 5.91 Å². The van der Waals surface area contributed by atoms with E-state index in [4.69, 9.17) is 16.7 Å². The smallest absolute Gasteiger partial charge is 0.253 e. The van der Waals surface area contributed by atoms with Crippen molar-refractivity contribution in [2.24, 2.45) is 0 Å². The molecule has 7 heteroatoms. The molecule has 5 rings (SSSR count). The number of fused-ring (bicyclic) bond motifs is 1. The normalized spacial score (nSPS) is 19.9. The monoisotopic (exact) mass is 409 g/mol. The fraction of sp³-hybridized carbons (Fsp3) is 0.409. The number of hydrogen-bond donors (Lipinski definition) is 1. The number of rotatable bonds is 4. The zero-order valence-corrected chi connectivity index (χ0v) is 17.0. The van der Waals surface area contributed by atoms with Crippen LogP contribution in [0.2, 0.25) is 5.02 Å². The van der Waals surface area contributed by atoms with Crippen LogP contribution >= 0.6 is 11.6 Å². The van der Waals surface area contributed by atoms with Crippen molar-refractivity contribution in [3.8, 4) is 0 Å². The average Bonchev–Trinajstić information content (AvgIpc) is 3.47. The molecular formula is C22H24ClN5O. The van der Waals surface area contributed by atoms with Crippen LogP contribution in [0.3, 0.4) is 0 Å². The van der Waals surface area contributed by atoms with E-state index in [0.717, 1.165) is 49.1 Å². The Balaban J connectivity index is 1.29. The number of aromatic nitrogens is 3. The summed E-state index contributed by atoms with van der Waals surface area (Å²) >= 11 is 6.52. The first kappa shape index (κ1) is 18.4. The van der Waals surface area contributed by atoms with E-state index in [1.807, 2.05) is 18.2 Å². The van der Waals surface area contributed by atoms with Crippen LogP contribution in [0.15, 0.2) is 42.7 Å². The molecule has 1 aliphatic heterocycles. The molecular weight excluding hydrogens is 386 g/mol. The van der Waals surface area contributed by atoms with Crippen LogP contribution in [0.4, 0.5) is 5.82 Å². The lowest BCUT2D eigenvalue weighted by Crippen LogP contribution is -2.32. The third-order valence-corrected chi connectivity index (χ3v) is 6.32. The minimum atomic E-state index is -0.0830. The van der Waals surface area contributed by atoms with E-state index in [2.05, 4.69) is 32.1 Å². The molecule has 1 atom stereocenters. The molecule has 29 heavy (non-hydrogen) atoms. The molecule has 2 aliphatic rings.